The Kier molecular flexibility index (Phi) is 7.05. The zero-order chi connectivity index (χ0) is 15.7. The molecule has 1 unspecified atom stereocenters. The maximum absolute atomic E-state index is 10.8. The molecule has 21 heavy (non-hydrogen) atoms. The van der Waals surface area contributed by atoms with E-state index < -0.39 is 11.9 Å². The Morgan fingerprint density at radius 1 is 1.38 bits per heavy atom. The maximum atomic E-state index is 10.8. The van der Waals surface area contributed by atoms with E-state index in [-0.39, 0.29) is 6.54 Å². The summed E-state index contributed by atoms with van der Waals surface area (Å²) >= 11 is 0. The van der Waals surface area contributed by atoms with E-state index in [1.165, 1.54) is 0 Å². The normalized spacial score (nSPS) is 11.7. The number of hydrogen-bond acceptors (Lipinski definition) is 5. The zero-order valence-electron chi connectivity index (χ0n) is 12.3. The number of carboxylic acid groups (broad SMARTS) is 1. The third-order valence-electron chi connectivity index (χ3n) is 2.98. The standard InChI is InChI=1S/C15H20N2O4/c1-12(15(18)19)11-17(8-7-16)9-10-21-14-5-3-13(20-2)4-6-14/h3-6,12H,8-11H2,1-2H3,(H,18,19). The summed E-state index contributed by atoms with van der Waals surface area (Å²) in [4.78, 5) is 12.6. The molecule has 0 fully saturated rings. The quantitative estimate of drug-likeness (QED) is 0.696. The van der Waals surface area contributed by atoms with Crippen molar-refractivity contribution in [3.63, 3.8) is 0 Å². The van der Waals surface area contributed by atoms with Crippen molar-refractivity contribution in [3.05, 3.63) is 24.3 Å². The van der Waals surface area contributed by atoms with Crippen LogP contribution in [0.4, 0.5) is 0 Å². The first-order valence-electron chi connectivity index (χ1n) is 6.65. The van der Waals surface area contributed by atoms with Crippen LogP contribution in [-0.2, 0) is 4.79 Å². The van der Waals surface area contributed by atoms with Crippen LogP contribution in [0.15, 0.2) is 24.3 Å². The number of hydrogen-bond donors (Lipinski definition) is 1. The first kappa shape index (κ1) is 16.8. The molecule has 6 heteroatoms. The SMILES string of the molecule is COc1ccc(OCCN(CC#N)CC(C)C(=O)O)cc1. The summed E-state index contributed by atoms with van der Waals surface area (Å²) in [5, 5.41) is 17.7. The third kappa shape index (κ3) is 6.15. The molecule has 1 rings (SSSR count). The monoisotopic (exact) mass is 292 g/mol. The molecule has 0 aliphatic rings. The number of carboxylic acids is 1. The van der Waals surface area contributed by atoms with Crippen molar-refractivity contribution in [1.82, 2.24) is 4.90 Å². The Morgan fingerprint density at radius 2 is 2.00 bits per heavy atom. The highest BCUT2D eigenvalue weighted by Gasteiger charge is 2.15. The minimum absolute atomic E-state index is 0.184. The van der Waals surface area contributed by atoms with Crippen molar-refractivity contribution in [2.24, 2.45) is 5.92 Å². The second kappa shape index (κ2) is 8.82. The Morgan fingerprint density at radius 3 is 2.52 bits per heavy atom. The number of rotatable bonds is 9. The Labute approximate surface area is 124 Å². The molecule has 1 aromatic rings. The van der Waals surface area contributed by atoms with Gasteiger partial charge in [-0.05, 0) is 24.3 Å². The van der Waals surface area contributed by atoms with E-state index >= 15 is 0 Å². The van der Waals surface area contributed by atoms with Gasteiger partial charge in [0.1, 0.15) is 18.1 Å². The Balaban J connectivity index is 2.42. The summed E-state index contributed by atoms with van der Waals surface area (Å²) in [6.07, 6.45) is 0. The van der Waals surface area contributed by atoms with Gasteiger partial charge in [-0.1, -0.05) is 6.92 Å². The van der Waals surface area contributed by atoms with E-state index in [1.54, 1.807) is 43.2 Å². The van der Waals surface area contributed by atoms with Crippen LogP contribution in [0.2, 0.25) is 0 Å². The molecule has 0 radical (unpaired) electrons. The highest BCUT2D eigenvalue weighted by molar-refractivity contribution is 5.69. The van der Waals surface area contributed by atoms with Crippen LogP contribution in [0.3, 0.4) is 0 Å². The molecule has 0 aliphatic heterocycles. The molecule has 0 heterocycles. The molecular formula is C15H20N2O4. The molecule has 0 amide bonds. The molecule has 1 N–H and O–H groups in total. The summed E-state index contributed by atoms with van der Waals surface area (Å²) in [5.41, 5.74) is 0. The third-order valence-corrected chi connectivity index (χ3v) is 2.98. The van der Waals surface area contributed by atoms with Gasteiger partial charge in [-0.25, -0.2) is 0 Å². The molecule has 0 saturated carbocycles. The topological polar surface area (TPSA) is 82.8 Å². The van der Waals surface area contributed by atoms with E-state index in [0.717, 1.165) is 5.75 Å². The summed E-state index contributed by atoms with van der Waals surface area (Å²) in [5.74, 6) is 0.0797. The highest BCUT2D eigenvalue weighted by Crippen LogP contribution is 2.16. The van der Waals surface area contributed by atoms with Gasteiger partial charge in [0.15, 0.2) is 0 Å². The lowest BCUT2D eigenvalue weighted by Crippen LogP contribution is -2.35. The molecular weight excluding hydrogens is 272 g/mol. The van der Waals surface area contributed by atoms with Gasteiger partial charge >= 0.3 is 5.97 Å². The molecule has 0 bridgehead atoms. The largest absolute Gasteiger partial charge is 0.497 e. The second-order valence-electron chi connectivity index (χ2n) is 4.66. The minimum Gasteiger partial charge on any atom is -0.497 e. The number of benzene rings is 1. The summed E-state index contributed by atoms with van der Waals surface area (Å²) in [6, 6.07) is 9.24. The summed E-state index contributed by atoms with van der Waals surface area (Å²) in [6.45, 7) is 3.02. The van der Waals surface area contributed by atoms with Gasteiger partial charge in [-0.15, -0.1) is 0 Å². The lowest BCUT2D eigenvalue weighted by Gasteiger charge is -2.21. The molecule has 114 valence electrons. The molecule has 1 atom stereocenters. The number of ether oxygens (including phenoxy) is 2. The van der Waals surface area contributed by atoms with Crippen LogP contribution in [0.25, 0.3) is 0 Å². The van der Waals surface area contributed by atoms with Gasteiger partial charge in [0.25, 0.3) is 0 Å². The molecule has 0 spiro atoms. The first-order valence-corrected chi connectivity index (χ1v) is 6.65. The van der Waals surface area contributed by atoms with Gasteiger partial charge in [-0.3, -0.25) is 9.69 Å². The number of nitriles is 1. The van der Waals surface area contributed by atoms with Gasteiger partial charge < -0.3 is 14.6 Å². The van der Waals surface area contributed by atoms with Crippen LogP contribution >= 0.6 is 0 Å². The predicted molar refractivity (Wildman–Crippen MR) is 77.3 cm³/mol. The predicted octanol–water partition coefficient (Wildman–Crippen LogP) is 1.62. The van der Waals surface area contributed by atoms with Crippen LogP contribution in [0.5, 0.6) is 11.5 Å². The van der Waals surface area contributed by atoms with Crippen LogP contribution in [-0.4, -0.2) is 49.3 Å². The molecule has 0 saturated heterocycles. The maximum Gasteiger partial charge on any atom is 0.307 e. The van der Waals surface area contributed by atoms with Crippen molar-refractivity contribution in [2.45, 2.75) is 6.92 Å². The summed E-state index contributed by atoms with van der Waals surface area (Å²) in [7, 11) is 1.60. The van der Waals surface area contributed by atoms with Crippen LogP contribution < -0.4 is 9.47 Å². The van der Waals surface area contributed by atoms with E-state index in [2.05, 4.69) is 0 Å². The van der Waals surface area contributed by atoms with Gasteiger partial charge in [0.2, 0.25) is 0 Å². The zero-order valence-corrected chi connectivity index (χ0v) is 12.3. The number of aliphatic carboxylic acids is 1. The van der Waals surface area contributed by atoms with E-state index in [1.807, 2.05) is 6.07 Å². The second-order valence-corrected chi connectivity index (χ2v) is 4.66. The fraction of sp³-hybridized carbons (Fsp3) is 0.467. The van der Waals surface area contributed by atoms with Crippen molar-refractivity contribution in [1.29, 1.82) is 5.26 Å². The van der Waals surface area contributed by atoms with Gasteiger partial charge in [0.05, 0.1) is 25.6 Å². The Bertz CT molecular complexity index is 481. The van der Waals surface area contributed by atoms with Crippen molar-refractivity contribution in [2.75, 3.05) is 33.4 Å². The molecule has 6 nitrogen and oxygen atoms in total. The fourth-order valence-corrected chi connectivity index (χ4v) is 1.76. The smallest absolute Gasteiger partial charge is 0.307 e. The fourth-order valence-electron chi connectivity index (χ4n) is 1.76. The lowest BCUT2D eigenvalue weighted by molar-refractivity contribution is -0.141. The lowest BCUT2D eigenvalue weighted by atomic mass is 10.2. The number of carbonyl (C=O) groups is 1. The average molecular weight is 292 g/mol. The van der Waals surface area contributed by atoms with Crippen molar-refractivity contribution < 1.29 is 19.4 Å². The van der Waals surface area contributed by atoms with Crippen LogP contribution in [0, 0.1) is 17.2 Å². The van der Waals surface area contributed by atoms with Gasteiger partial charge in [0, 0.05) is 13.1 Å². The highest BCUT2D eigenvalue weighted by atomic mass is 16.5. The summed E-state index contributed by atoms with van der Waals surface area (Å²) < 4.78 is 10.6. The van der Waals surface area contributed by atoms with E-state index in [4.69, 9.17) is 19.8 Å². The van der Waals surface area contributed by atoms with Crippen molar-refractivity contribution >= 4 is 5.97 Å². The molecule has 0 aromatic heterocycles. The molecule has 1 aromatic carbocycles. The first-order chi connectivity index (χ1) is 10.1. The van der Waals surface area contributed by atoms with Gasteiger partial charge in [-0.2, -0.15) is 5.26 Å². The van der Waals surface area contributed by atoms with E-state index in [9.17, 15) is 4.79 Å². The molecule has 0 aliphatic carbocycles. The Hall–Kier alpha value is -2.26. The number of methoxy groups -OCH3 is 1. The van der Waals surface area contributed by atoms with E-state index in [0.29, 0.717) is 25.4 Å². The minimum atomic E-state index is -0.867. The average Bonchev–Trinajstić information content (AvgIpc) is 2.48. The number of nitrogens with zero attached hydrogens (tertiary/aromatic N) is 2. The van der Waals surface area contributed by atoms with Crippen molar-refractivity contribution in [3.8, 4) is 17.6 Å². The van der Waals surface area contributed by atoms with Crippen LogP contribution in [0.1, 0.15) is 6.92 Å².